The highest BCUT2D eigenvalue weighted by Gasteiger charge is 2.16. The third kappa shape index (κ3) is 3.54. The zero-order valence-electron chi connectivity index (χ0n) is 24.0. The Bertz CT molecular complexity index is 1540. The van der Waals surface area contributed by atoms with Crippen molar-refractivity contribution in [2.45, 2.75) is 19.2 Å². The molecular formula is C23H22N6O. The topological polar surface area (TPSA) is 76.8 Å². The van der Waals surface area contributed by atoms with Gasteiger partial charge in [-0.15, -0.1) is 0 Å². The molecule has 0 amide bonds. The van der Waals surface area contributed by atoms with Gasteiger partial charge in [0, 0.05) is 59.9 Å². The number of hydrogen-bond acceptors (Lipinski definition) is 6. The van der Waals surface area contributed by atoms with Gasteiger partial charge in [0.05, 0.1) is 30.2 Å². The van der Waals surface area contributed by atoms with Crippen LogP contribution in [0.15, 0.2) is 55.2 Å². The van der Waals surface area contributed by atoms with E-state index < -0.39 is 37.3 Å². The number of hydrogen-bond donors (Lipinski definition) is 0. The van der Waals surface area contributed by atoms with Crippen molar-refractivity contribution < 1.29 is 15.8 Å². The standard InChI is InChI=1S/C23H22N6O/c1-28-15-24-14-20(28)16-4-5-18-13-26-22(27-19(18)10-16)12-21(30)17-6-7-25-23(11-17)29-8-2-3-9-29/h4-7,10-11,13-15H,2-3,8-9,12H2,1H3/i2D2,3D2,8D2,9D2. The van der Waals surface area contributed by atoms with E-state index in [0.29, 0.717) is 10.4 Å². The average molecular weight is 407 g/mol. The van der Waals surface area contributed by atoms with Gasteiger partial charge in [-0.05, 0) is 30.9 Å². The van der Waals surface area contributed by atoms with Crippen LogP contribution in [0.3, 0.4) is 0 Å². The highest BCUT2D eigenvalue weighted by atomic mass is 16.1. The lowest BCUT2D eigenvalue weighted by atomic mass is 10.1. The lowest BCUT2D eigenvalue weighted by molar-refractivity contribution is 0.0991. The number of Topliss-reactive ketones (excluding diaryl/α,β-unsaturated/α-hetero) is 1. The van der Waals surface area contributed by atoms with Gasteiger partial charge in [-0.1, -0.05) is 12.1 Å². The number of aromatic nitrogens is 5. The second-order valence-corrected chi connectivity index (χ2v) is 6.76. The molecule has 7 heteroatoms. The van der Waals surface area contributed by atoms with Crippen LogP contribution in [-0.4, -0.2) is 43.3 Å². The van der Waals surface area contributed by atoms with E-state index in [0.717, 1.165) is 22.7 Å². The maximum Gasteiger partial charge on any atom is 0.170 e. The highest BCUT2D eigenvalue weighted by molar-refractivity contribution is 5.98. The number of anilines is 1. The summed E-state index contributed by atoms with van der Waals surface area (Å²) in [6, 6.07) is 8.14. The number of fused-ring (bicyclic) bond motifs is 1. The molecule has 1 aliphatic heterocycles. The van der Waals surface area contributed by atoms with Crippen molar-refractivity contribution >= 4 is 22.5 Å². The van der Waals surface area contributed by atoms with Crippen LogP contribution in [0.1, 0.15) is 39.9 Å². The molecule has 0 aliphatic carbocycles. The fourth-order valence-electron chi connectivity index (χ4n) is 3.21. The summed E-state index contributed by atoms with van der Waals surface area (Å²) in [5, 5.41) is 0.778. The minimum atomic E-state index is -3.21. The van der Waals surface area contributed by atoms with E-state index in [-0.39, 0.29) is 17.8 Å². The molecule has 30 heavy (non-hydrogen) atoms. The van der Waals surface area contributed by atoms with Crippen molar-refractivity contribution in [3.63, 3.8) is 0 Å². The number of carbonyl (C=O) groups excluding carboxylic acids is 1. The van der Waals surface area contributed by atoms with Gasteiger partial charge in [0.2, 0.25) is 0 Å². The van der Waals surface area contributed by atoms with Gasteiger partial charge in [0.25, 0.3) is 0 Å². The summed E-state index contributed by atoms with van der Waals surface area (Å²) in [7, 11) is 1.88. The number of carbonyl (C=O) groups is 1. The molecule has 1 aromatic carbocycles. The molecule has 0 unspecified atom stereocenters. The molecule has 1 saturated heterocycles. The van der Waals surface area contributed by atoms with Crippen LogP contribution < -0.4 is 4.90 Å². The molecule has 0 saturated carbocycles. The van der Waals surface area contributed by atoms with Crippen LogP contribution in [0.2, 0.25) is 0 Å². The first-order chi connectivity index (χ1) is 17.7. The number of aryl methyl sites for hydroxylation is 1. The lowest BCUT2D eigenvalue weighted by Crippen LogP contribution is -2.19. The second kappa shape index (κ2) is 7.67. The molecule has 4 heterocycles. The van der Waals surface area contributed by atoms with E-state index in [1.165, 1.54) is 12.3 Å². The van der Waals surface area contributed by atoms with E-state index in [1.54, 1.807) is 18.7 Å². The SMILES string of the molecule is [2H]C1([2H])N(c2cc(C(=O)Cc3ncc4ccc(-c5cncn5C)cc4n3)ccn2)C([2H])([2H])C([2H])([2H])C1([2H])[2H]. The zero-order chi connectivity index (χ0) is 27.7. The van der Waals surface area contributed by atoms with E-state index in [9.17, 15) is 4.79 Å². The Morgan fingerprint density at radius 3 is 2.80 bits per heavy atom. The number of imidazole rings is 1. The van der Waals surface area contributed by atoms with Crippen LogP contribution in [-0.2, 0) is 13.5 Å². The number of rotatable bonds is 5. The lowest BCUT2D eigenvalue weighted by Gasteiger charge is -2.16. The summed E-state index contributed by atoms with van der Waals surface area (Å²) < 4.78 is 66.5. The van der Waals surface area contributed by atoms with Gasteiger partial charge in [-0.25, -0.2) is 19.9 Å². The molecule has 0 atom stereocenters. The van der Waals surface area contributed by atoms with Crippen molar-refractivity contribution in [1.29, 1.82) is 0 Å². The van der Waals surface area contributed by atoms with Crippen LogP contribution in [0, 0.1) is 0 Å². The van der Waals surface area contributed by atoms with Crippen LogP contribution >= 0.6 is 0 Å². The number of ketones is 1. The van der Waals surface area contributed by atoms with Crippen LogP contribution in [0.25, 0.3) is 22.2 Å². The Labute approximate surface area is 185 Å². The van der Waals surface area contributed by atoms with Crippen LogP contribution in [0.4, 0.5) is 5.82 Å². The Hall–Kier alpha value is -3.61. The minimum absolute atomic E-state index is 0.0435. The number of benzene rings is 1. The maximum absolute atomic E-state index is 13.1. The number of pyridine rings is 1. The third-order valence-electron chi connectivity index (χ3n) is 4.76. The molecule has 150 valence electrons. The molecule has 1 fully saturated rings. The van der Waals surface area contributed by atoms with Gasteiger partial charge in [-0.2, -0.15) is 0 Å². The highest BCUT2D eigenvalue weighted by Crippen LogP contribution is 2.23. The minimum Gasteiger partial charge on any atom is -0.357 e. The van der Waals surface area contributed by atoms with Crippen LogP contribution in [0.5, 0.6) is 0 Å². The van der Waals surface area contributed by atoms with Crippen molar-refractivity contribution in [2.75, 3.05) is 17.9 Å². The normalized spacial score (nSPS) is 24.5. The van der Waals surface area contributed by atoms with E-state index in [2.05, 4.69) is 19.9 Å². The first kappa shape index (κ1) is 11.5. The maximum atomic E-state index is 13.1. The molecular weight excluding hydrogens is 376 g/mol. The molecule has 0 spiro atoms. The van der Waals surface area contributed by atoms with Gasteiger partial charge in [0.15, 0.2) is 5.78 Å². The first-order valence-electron chi connectivity index (χ1n) is 13.2. The second-order valence-electron chi connectivity index (χ2n) is 6.76. The average Bonchev–Trinajstić information content (AvgIpc) is 3.31. The molecule has 5 rings (SSSR count). The van der Waals surface area contributed by atoms with Crippen molar-refractivity contribution in [3.8, 4) is 11.3 Å². The van der Waals surface area contributed by atoms with Crippen molar-refractivity contribution in [3.05, 3.63) is 66.6 Å². The molecule has 1 aliphatic rings. The van der Waals surface area contributed by atoms with E-state index in [1.807, 2.05) is 29.8 Å². The molecule has 7 nitrogen and oxygen atoms in total. The zero-order valence-corrected chi connectivity index (χ0v) is 16.0. The fourth-order valence-corrected chi connectivity index (χ4v) is 3.21. The summed E-state index contributed by atoms with van der Waals surface area (Å²) in [6.07, 6.45) is -0.440. The van der Waals surface area contributed by atoms with Crippen molar-refractivity contribution in [1.82, 2.24) is 24.5 Å². The van der Waals surface area contributed by atoms with Gasteiger partial charge >= 0.3 is 0 Å². The largest absolute Gasteiger partial charge is 0.357 e. The summed E-state index contributed by atoms with van der Waals surface area (Å²) in [5.41, 5.74) is 2.45. The smallest absolute Gasteiger partial charge is 0.170 e. The van der Waals surface area contributed by atoms with Crippen molar-refractivity contribution in [2.24, 2.45) is 7.05 Å². The quantitative estimate of drug-likeness (QED) is 0.473. The first-order valence-corrected chi connectivity index (χ1v) is 9.20. The summed E-state index contributed by atoms with van der Waals surface area (Å²) in [4.78, 5) is 30.3. The molecule has 4 aromatic rings. The summed E-state index contributed by atoms with van der Waals surface area (Å²) in [6.45, 7) is -6.19. The Morgan fingerprint density at radius 1 is 1.13 bits per heavy atom. The Morgan fingerprint density at radius 2 is 2.00 bits per heavy atom. The molecule has 3 aromatic heterocycles. The van der Waals surface area contributed by atoms with E-state index >= 15 is 0 Å². The molecule has 0 bridgehead atoms. The molecule has 0 radical (unpaired) electrons. The predicted molar refractivity (Wildman–Crippen MR) is 115 cm³/mol. The van der Waals surface area contributed by atoms with Gasteiger partial charge in [0.1, 0.15) is 11.6 Å². The Balaban J connectivity index is 1.45. The fraction of sp³-hybridized carbons (Fsp3) is 0.261. The van der Waals surface area contributed by atoms with Gasteiger partial charge < -0.3 is 9.47 Å². The third-order valence-corrected chi connectivity index (χ3v) is 4.76. The Kier molecular flexibility index (Phi) is 2.95. The van der Waals surface area contributed by atoms with Gasteiger partial charge in [-0.3, -0.25) is 4.79 Å². The number of nitrogens with zero attached hydrogens (tertiary/aromatic N) is 6. The predicted octanol–water partition coefficient (Wildman–Crippen LogP) is 3.45. The monoisotopic (exact) mass is 406 g/mol. The molecule has 0 N–H and O–H groups in total. The summed E-state index contributed by atoms with van der Waals surface area (Å²) in [5.74, 6) is -0.624. The summed E-state index contributed by atoms with van der Waals surface area (Å²) >= 11 is 0. The van der Waals surface area contributed by atoms with E-state index in [4.69, 9.17) is 11.0 Å².